The molecule has 0 radical (unpaired) electrons. The van der Waals surface area contributed by atoms with E-state index in [2.05, 4.69) is 6.07 Å². The smallest absolute Gasteiger partial charge is 0.339 e. The first kappa shape index (κ1) is 12.1. The summed E-state index contributed by atoms with van der Waals surface area (Å²) < 4.78 is 4.86. The Labute approximate surface area is 101 Å². The lowest BCUT2D eigenvalue weighted by molar-refractivity contribution is -0.153. The largest absolute Gasteiger partial charge is 0.464 e. The molecule has 0 spiro atoms. The molecule has 0 aliphatic heterocycles. The SMILES string of the molecule is CCOC(=O)C(O)c1cccc2c1CCCC2. The number of hydrogen-bond donors (Lipinski definition) is 1. The average Bonchev–Trinajstić information content (AvgIpc) is 2.37. The van der Waals surface area contributed by atoms with E-state index in [1.807, 2.05) is 12.1 Å². The van der Waals surface area contributed by atoms with Crippen LogP contribution in [0.15, 0.2) is 18.2 Å². The molecule has 3 heteroatoms. The van der Waals surface area contributed by atoms with Gasteiger partial charge in [0.25, 0.3) is 0 Å². The fourth-order valence-corrected chi connectivity index (χ4v) is 2.42. The second-order valence-corrected chi connectivity index (χ2v) is 4.35. The average molecular weight is 234 g/mol. The van der Waals surface area contributed by atoms with Gasteiger partial charge < -0.3 is 9.84 Å². The number of aliphatic hydroxyl groups is 1. The summed E-state index contributed by atoms with van der Waals surface area (Å²) in [5.41, 5.74) is 3.12. The molecule has 0 bridgehead atoms. The summed E-state index contributed by atoms with van der Waals surface area (Å²) >= 11 is 0. The lowest BCUT2D eigenvalue weighted by atomic mass is 9.86. The fraction of sp³-hybridized carbons (Fsp3) is 0.500. The molecule has 0 saturated carbocycles. The van der Waals surface area contributed by atoms with E-state index in [9.17, 15) is 9.90 Å². The van der Waals surface area contributed by atoms with Crippen molar-refractivity contribution in [1.82, 2.24) is 0 Å². The summed E-state index contributed by atoms with van der Waals surface area (Å²) in [4.78, 5) is 11.6. The molecule has 1 aromatic rings. The molecule has 1 unspecified atom stereocenters. The summed E-state index contributed by atoms with van der Waals surface area (Å²) in [6.45, 7) is 2.04. The second kappa shape index (κ2) is 5.32. The Morgan fingerprint density at radius 1 is 1.41 bits per heavy atom. The molecular weight excluding hydrogens is 216 g/mol. The Morgan fingerprint density at radius 3 is 2.94 bits per heavy atom. The van der Waals surface area contributed by atoms with E-state index >= 15 is 0 Å². The first-order chi connectivity index (χ1) is 8.24. The Morgan fingerprint density at radius 2 is 2.18 bits per heavy atom. The zero-order valence-electron chi connectivity index (χ0n) is 10.1. The predicted molar refractivity (Wildman–Crippen MR) is 64.7 cm³/mol. The van der Waals surface area contributed by atoms with E-state index in [1.165, 1.54) is 12.0 Å². The van der Waals surface area contributed by atoms with Gasteiger partial charge in [-0.3, -0.25) is 0 Å². The molecule has 0 amide bonds. The lowest BCUT2D eigenvalue weighted by Gasteiger charge is -2.21. The molecule has 1 N–H and O–H groups in total. The molecule has 1 aliphatic rings. The van der Waals surface area contributed by atoms with E-state index in [1.54, 1.807) is 6.92 Å². The highest BCUT2D eigenvalue weighted by Crippen LogP contribution is 2.28. The molecule has 1 atom stereocenters. The van der Waals surface area contributed by atoms with Gasteiger partial charge in [-0.15, -0.1) is 0 Å². The maximum atomic E-state index is 11.6. The van der Waals surface area contributed by atoms with Gasteiger partial charge in [-0.1, -0.05) is 18.2 Å². The van der Waals surface area contributed by atoms with Gasteiger partial charge in [0.15, 0.2) is 6.10 Å². The van der Waals surface area contributed by atoms with Crippen molar-refractivity contribution in [2.24, 2.45) is 0 Å². The minimum Gasteiger partial charge on any atom is -0.464 e. The number of fused-ring (bicyclic) bond motifs is 1. The number of rotatable bonds is 3. The number of hydrogen-bond acceptors (Lipinski definition) is 3. The number of ether oxygens (including phenoxy) is 1. The van der Waals surface area contributed by atoms with E-state index in [-0.39, 0.29) is 0 Å². The zero-order chi connectivity index (χ0) is 12.3. The quantitative estimate of drug-likeness (QED) is 0.815. The maximum Gasteiger partial charge on any atom is 0.339 e. The number of benzene rings is 1. The van der Waals surface area contributed by atoms with Gasteiger partial charge >= 0.3 is 5.97 Å². The van der Waals surface area contributed by atoms with Crippen LogP contribution in [-0.2, 0) is 22.4 Å². The van der Waals surface area contributed by atoms with Crippen LogP contribution in [0, 0.1) is 0 Å². The number of aryl methyl sites for hydroxylation is 1. The number of aliphatic hydroxyl groups excluding tert-OH is 1. The van der Waals surface area contributed by atoms with E-state index in [0.717, 1.165) is 30.4 Å². The van der Waals surface area contributed by atoms with Crippen LogP contribution >= 0.6 is 0 Å². The fourth-order valence-electron chi connectivity index (χ4n) is 2.42. The third-order valence-electron chi connectivity index (χ3n) is 3.24. The van der Waals surface area contributed by atoms with Crippen LogP contribution in [0.5, 0.6) is 0 Å². The molecule has 0 aromatic heterocycles. The van der Waals surface area contributed by atoms with Crippen LogP contribution in [0.4, 0.5) is 0 Å². The third-order valence-corrected chi connectivity index (χ3v) is 3.24. The Hall–Kier alpha value is -1.35. The minimum absolute atomic E-state index is 0.297. The molecule has 1 aromatic carbocycles. The van der Waals surface area contributed by atoms with Crippen LogP contribution in [0.2, 0.25) is 0 Å². The number of carbonyl (C=O) groups excluding carboxylic acids is 1. The first-order valence-electron chi connectivity index (χ1n) is 6.19. The third kappa shape index (κ3) is 2.50. The van der Waals surface area contributed by atoms with E-state index in [4.69, 9.17) is 4.74 Å². The standard InChI is InChI=1S/C14H18O3/c1-2-17-14(16)13(15)12-9-5-7-10-6-3-4-8-11(10)12/h5,7,9,13,15H,2-4,6,8H2,1H3. The van der Waals surface area contributed by atoms with Crippen molar-refractivity contribution in [2.75, 3.05) is 6.61 Å². The predicted octanol–water partition coefficient (Wildman–Crippen LogP) is 2.16. The van der Waals surface area contributed by atoms with Crippen molar-refractivity contribution >= 4 is 5.97 Å². The first-order valence-corrected chi connectivity index (χ1v) is 6.19. The van der Waals surface area contributed by atoms with Gasteiger partial charge in [0, 0.05) is 0 Å². The molecule has 3 nitrogen and oxygen atoms in total. The molecule has 1 aliphatic carbocycles. The van der Waals surface area contributed by atoms with Crippen molar-refractivity contribution in [3.05, 3.63) is 34.9 Å². The van der Waals surface area contributed by atoms with Gasteiger partial charge in [-0.05, 0) is 49.3 Å². The van der Waals surface area contributed by atoms with Crippen LogP contribution in [0.25, 0.3) is 0 Å². The normalized spacial score (nSPS) is 16.1. The lowest BCUT2D eigenvalue weighted by Crippen LogP contribution is -2.18. The Kier molecular flexibility index (Phi) is 3.79. The van der Waals surface area contributed by atoms with Gasteiger partial charge in [-0.25, -0.2) is 4.79 Å². The summed E-state index contributed by atoms with van der Waals surface area (Å²) in [7, 11) is 0. The van der Waals surface area contributed by atoms with Crippen molar-refractivity contribution in [3.8, 4) is 0 Å². The Bertz CT molecular complexity index is 412. The summed E-state index contributed by atoms with van der Waals surface area (Å²) in [6, 6.07) is 5.81. The summed E-state index contributed by atoms with van der Waals surface area (Å²) in [5.74, 6) is -0.550. The Balaban J connectivity index is 2.28. The monoisotopic (exact) mass is 234 g/mol. The molecule has 92 valence electrons. The van der Waals surface area contributed by atoms with Crippen molar-refractivity contribution in [3.63, 3.8) is 0 Å². The van der Waals surface area contributed by atoms with Crippen LogP contribution in [-0.4, -0.2) is 17.7 Å². The minimum atomic E-state index is -1.14. The highest BCUT2D eigenvalue weighted by atomic mass is 16.5. The number of esters is 1. The highest BCUT2D eigenvalue weighted by Gasteiger charge is 2.23. The van der Waals surface area contributed by atoms with Crippen LogP contribution in [0.1, 0.15) is 42.6 Å². The van der Waals surface area contributed by atoms with Gasteiger partial charge in [0.05, 0.1) is 6.61 Å². The topological polar surface area (TPSA) is 46.5 Å². The summed E-state index contributed by atoms with van der Waals surface area (Å²) in [5, 5.41) is 10.0. The maximum absolute atomic E-state index is 11.6. The number of carbonyl (C=O) groups is 1. The zero-order valence-corrected chi connectivity index (χ0v) is 10.1. The van der Waals surface area contributed by atoms with Crippen molar-refractivity contribution in [2.45, 2.75) is 38.7 Å². The van der Waals surface area contributed by atoms with Gasteiger partial charge in [0.1, 0.15) is 0 Å². The van der Waals surface area contributed by atoms with Crippen LogP contribution in [0.3, 0.4) is 0 Å². The van der Waals surface area contributed by atoms with Crippen molar-refractivity contribution in [1.29, 1.82) is 0 Å². The van der Waals surface area contributed by atoms with Gasteiger partial charge in [-0.2, -0.15) is 0 Å². The molecule has 2 rings (SSSR count). The second-order valence-electron chi connectivity index (χ2n) is 4.35. The van der Waals surface area contributed by atoms with Crippen molar-refractivity contribution < 1.29 is 14.6 Å². The molecular formula is C14H18O3. The molecule has 0 fully saturated rings. The van der Waals surface area contributed by atoms with Crippen LogP contribution < -0.4 is 0 Å². The highest BCUT2D eigenvalue weighted by molar-refractivity contribution is 5.77. The van der Waals surface area contributed by atoms with E-state index < -0.39 is 12.1 Å². The van der Waals surface area contributed by atoms with Gasteiger partial charge in [0.2, 0.25) is 0 Å². The molecule has 17 heavy (non-hydrogen) atoms. The molecule has 0 saturated heterocycles. The molecule has 0 heterocycles. The summed E-state index contributed by atoms with van der Waals surface area (Å²) in [6.07, 6.45) is 3.16. The van der Waals surface area contributed by atoms with E-state index in [0.29, 0.717) is 6.61 Å².